The number of hydrogen-bond donors (Lipinski definition) is 0. The highest BCUT2D eigenvalue weighted by atomic mass is 19.1. The Labute approximate surface area is 192 Å². The first-order chi connectivity index (χ1) is 16.1. The van der Waals surface area contributed by atoms with Crippen molar-refractivity contribution >= 4 is 0 Å². The van der Waals surface area contributed by atoms with Crippen molar-refractivity contribution in [3.63, 3.8) is 0 Å². The van der Waals surface area contributed by atoms with E-state index in [-0.39, 0.29) is 6.10 Å². The molecule has 2 aliphatic rings. The quantitative estimate of drug-likeness (QED) is 0.512. The number of aryl methyl sites for hydroxylation is 1. The molecule has 0 aliphatic carbocycles. The molecule has 0 unspecified atom stereocenters. The average molecular weight is 452 g/mol. The van der Waals surface area contributed by atoms with E-state index in [4.69, 9.17) is 14.2 Å². The van der Waals surface area contributed by atoms with Gasteiger partial charge in [-0.25, -0.2) is 8.78 Å². The fourth-order valence-corrected chi connectivity index (χ4v) is 4.50. The van der Waals surface area contributed by atoms with Gasteiger partial charge in [0, 0.05) is 37.2 Å². The van der Waals surface area contributed by atoms with Crippen molar-refractivity contribution in [3.8, 4) is 22.6 Å². The van der Waals surface area contributed by atoms with Crippen LogP contribution in [0.1, 0.15) is 23.1 Å². The van der Waals surface area contributed by atoms with Crippen LogP contribution in [0.4, 0.5) is 8.78 Å². The minimum Gasteiger partial charge on any atom is -0.488 e. The van der Waals surface area contributed by atoms with E-state index in [1.807, 2.05) is 18.2 Å². The lowest BCUT2D eigenvalue weighted by molar-refractivity contribution is 0.137. The number of halogens is 2. The third-order valence-electron chi connectivity index (χ3n) is 6.22. The molecular formula is C27H27F2NO3. The summed E-state index contributed by atoms with van der Waals surface area (Å²) in [6, 6.07) is 16.0. The largest absolute Gasteiger partial charge is 0.488 e. The minimum atomic E-state index is -0.436. The second-order valence-electron chi connectivity index (χ2n) is 8.68. The summed E-state index contributed by atoms with van der Waals surface area (Å²) >= 11 is 0. The van der Waals surface area contributed by atoms with Crippen LogP contribution in [0.3, 0.4) is 0 Å². The van der Waals surface area contributed by atoms with Gasteiger partial charge in [-0.2, -0.15) is 0 Å². The van der Waals surface area contributed by atoms with Gasteiger partial charge in [-0.15, -0.1) is 0 Å². The summed E-state index contributed by atoms with van der Waals surface area (Å²) in [6.45, 7) is 5.21. The topological polar surface area (TPSA) is 30.9 Å². The van der Waals surface area contributed by atoms with E-state index >= 15 is 0 Å². The van der Waals surface area contributed by atoms with Crippen molar-refractivity contribution in [2.75, 3.05) is 26.4 Å². The Morgan fingerprint density at radius 1 is 1.06 bits per heavy atom. The standard InChI is InChI=1S/C27H27F2NO3/c1-18-4-2-3-5-24(18)19-12-21-16-30(15-20-13-22(28)6-7-25(20)29)9-11-32-27(21)26(14-19)33-23-8-10-31-17-23/h2-7,12-14,23H,8-11,15-17H2,1H3/t23-/m0/s1. The molecule has 0 bridgehead atoms. The molecule has 2 aliphatic heterocycles. The lowest BCUT2D eigenvalue weighted by Gasteiger charge is -2.21. The van der Waals surface area contributed by atoms with Gasteiger partial charge >= 0.3 is 0 Å². The van der Waals surface area contributed by atoms with Crippen LogP contribution in [0.25, 0.3) is 11.1 Å². The lowest BCUT2D eigenvalue weighted by atomic mass is 9.97. The monoisotopic (exact) mass is 451 g/mol. The Morgan fingerprint density at radius 2 is 1.94 bits per heavy atom. The van der Waals surface area contributed by atoms with Gasteiger partial charge in [0.1, 0.15) is 24.3 Å². The van der Waals surface area contributed by atoms with Crippen molar-refractivity contribution in [2.45, 2.75) is 32.5 Å². The summed E-state index contributed by atoms with van der Waals surface area (Å²) in [6.07, 6.45) is 0.833. The predicted molar refractivity (Wildman–Crippen MR) is 122 cm³/mol. The van der Waals surface area contributed by atoms with Gasteiger partial charge in [-0.05, 0) is 53.9 Å². The van der Waals surface area contributed by atoms with Gasteiger partial charge in [0.2, 0.25) is 0 Å². The number of hydrogen-bond acceptors (Lipinski definition) is 4. The number of rotatable bonds is 5. The maximum absolute atomic E-state index is 14.3. The molecule has 1 saturated heterocycles. The predicted octanol–water partition coefficient (Wildman–Crippen LogP) is 5.50. The Bertz CT molecular complexity index is 1140. The molecule has 6 heteroatoms. The molecule has 0 amide bonds. The van der Waals surface area contributed by atoms with E-state index < -0.39 is 11.6 Å². The molecule has 2 heterocycles. The highest BCUT2D eigenvalue weighted by molar-refractivity contribution is 5.72. The SMILES string of the molecule is Cc1ccccc1-c1cc2c(c(O[C@H]3CCOC3)c1)OCCN(Cc1cc(F)ccc1F)C2. The van der Waals surface area contributed by atoms with Gasteiger partial charge in [0.05, 0.1) is 13.2 Å². The molecule has 4 nitrogen and oxygen atoms in total. The van der Waals surface area contributed by atoms with Gasteiger partial charge < -0.3 is 14.2 Å². The highest BCUT2D eigenvalue weighted by Gasteiger charge is 2.25. The first-order valence-corrected chi connectivity index (χ1v) is 11.3. The van der Waals surface area contributed by atoms with Crippen molar-refractivity contribution in [2.24, 2.45) is 0 Å². The number of ether oxygens (including phenoxy) is 3. The van der Waals surface area contributed by atoms with Crippen LogP contribution < -0.4 is 9.47 Å². The van der Waals surface area contributed by atoms with Crippen LogP contribution in [0.15, 0.2) is 54.6 Å². The molecule has 0 N–H and O–H groups in total. The van der Waals surface area contributed by atoms with E-state index in [9.17, 15) is 8.78 Å². The van der Waals surface area contributed by atoms with E-state index in [0.717, 1.165) is 34.9 Å². The summed E-state index contributed by atoms with van der Waals surface area (Å²) < 4.78 is 46.0. The Balaban J connectivity index is 1.51. The van der Waals surface area contributed by atoms with Crippen molar-refractivity contribution in [3.05, 3.63) is 82.9 Å². The molecule has 172 valence electrons. The fourth-order valence-electron chi connectivity index (χ4n) is 4.50. The maximum atomic E-state index is 14.3. The first-order valence-electron chi connectivity index (χ1n) is 11.3. The van der Waals surface area contributed by atoms with Gasteiger partial charge in [-0.1, -0.05) is 24.3 Å². The van der Waals surface area contributed by atoms with Crippen LogP contribution in [0.5, 0.6) is 11.5 Å². The molecule has 3 aromatic rings. The second-order valence-corrected chi connectivity index (χ2v) is 8.68. The molecule has 1 atom stereocenters. The first kappa shape index (κ1) is 21.9. The van der Waals surface area contributed by atoms with Crippen LogP contribution in [-0.2, 0) is 17.8 Å². The summed E-state index contributed by atoms with van der Waals surface area (Å²) in [5.41, 5.74) is 4.65. The normalized spacial score (nSPS) is 18.5. The zero-order chi connectivity index (χ0) is 22.8. The molecule has 3 aromatic carbocycles. The van der Waals surface area contributed by atoms with Crippen LogP contribution in [0.2, 0.25) is 0 Å². The zero-order valence-electron chi connectivity index (χ0n) is 18.7. The fraction of sp³-hybridized carbons (Fsp3) is 0.333. The van der Waals surface area contributed by atoms with E-state index in [1.54, 1.807) is 0 Å². The molecule has 0 spiro atoms. The zero-order valence-corrected chi connectivity index (χ0v) is 18.7. The highest BCUT2D eigenvalue weighted by Crippen LogP contribution is 2.40. The van der Waals surface area contributed by atoms with Crippen LogP contribution in [0, 0.1) is 18.6 Å². The Kier molecular flexibility index (Phi) is 6.29. The summed E-state index contributed by atoms with van der Waals surface area (Å²) in [4.78, 5) is 2.08. The van der Waals surface area contributed by atoms with Gasteiger partial charge in [0.15, 0.2) is 11.5 Å². The van der Waals surface area contributed by atoms with Crippen molar-refractivity contribution < 1.29 is 23.0 Å². The Hall–Kier alpha value is -2.96. The number of nitrogens with zero attached hydrogens (tertiary/aromatic N) is 1. The number of benzene rings is 3. The van der Waals surface area contributed by atoms with Crippen LogP contribution in [-0.4, -0.2) is 37.4 Å². The van der Waals surface area contributed by atoms with Gasteiger partial charge in [-0.3, -0.25) is 4.90 Å². The average Bonchev–Trinajstić information content (AvgIpc) is 3.22. The third kappa shape index (κ3) is 4.87. The third-order valence-corrected chi connectivity index (χ3v) is 6.22. The molecular weight excluding hydrogens is 424 g/mol. The lowest BCUT2D eigenvalue weighted by Crippen LogP contribution is -2.25. The Morgan fingerprint density at radius 3 is 2.76 bits per heavy atom. The van der Waals surface area contributed by atoms with Crippen molar-refractivity contribution in [1.29, 1.82) is 0 Å². The smallest absolute Gasteiger partial charge is 0.165 e. The summed E-state index contributed by atoms with van der Waals surface area (Å²) in [7, 11) is 0. The molecule has 1 fully saturated rings. The van der Waals surface area contributed by atoms with E-state index in [0.29, 0.717) is 50.8 Å². The minimum absolute atomic E-state index is 0.00873. The van der Waals surface area contributed by atoms with E-state index in [2.05, 4.69) is 30.0 Å². The number of fused-ring (bicyclic) bond motifs is 1. The summed E-state index contributed by atoms with van der Waals surface area (Å²) in [5.74, 6) is 0.594. The molecule has 5 rings (SSSR count). The molecule has 0 aromatic heterocycles. The molecule has 0 radical (unpaired) electrons. The summed E-state index contributed by atoms with van der Waals surface area (Å²) in [5, 5.41) is 0. The van der Waals surface area contributed by atoms with E-state index in [1.165, 1.54) is 17.7 Å². The van der Waals surface area contributed by atoms with Crippen LogP contribution >= 0.6 is 0 Å². The maximum Gasteiger partial charge on any atom is 0.165 e. The molecule has 33 heavy (non-hydrogen) atoms. The molecule has 0 saturated carbocycles. The van der Waals surface area contributed by atoms with Crippen molar-refractivity contribution in [1.82, 2.24) is 4.90 Å². The van der Waals surface area contributed by atoms with Gasteiger partial charge in [0.25, 0.3) is 0 Å². The second kappa shape index (κ2) is 9.49.